The van der Waals surface area contributed by atoms with Crippen LogP contribution in [0.4, 0.5) is 0 Å². The predicted octanol–water partition coefficient (Wildman–Crippen LogP) is 2.51. The maximum Gasteiger partial charge on any atom is 0.0507 e. The molecule has 2 rings (SSSR count). The molecule has 2 heterocycles. The van der Waals surface area contributed by atoms with Gasteiger partial charge in [0.1, 0.15) is 0 Å². The lowest BCUT2D eigenvalue weighted by atomic mass is 9.87. The van der Waals surface area contributed by atoms with Crippen LogP contribution in [0, 0.1) is 11.8 Å². The van der Waals surface area contributed by atoms with E-state index in [2.05, 4.69) is 37.9 Å². The smallest absolute Gasteiger partial charge is 0.0507 e. The minimum absolute atomic E-state index is 0.295. The summed E-state index contributed by atoms with van der Waals surface area (Å²) in [7, 11) is 0. The Kier molecular flexibility index (Phi) is 5.27. The molecule has 19 heavy (non-hydrogen) atoms. The molecule has 0 radical (unpaired) electrons. The third-order valence-electron chi connectivity index (χ3n) is 5.36. The van der Waals surface area contributed by atoms with Crippen molar-refractivity contribution in [3.63, 3.8) is 0 Å². The number of hydrogen-bond donors (Lipinski definition) is 1. The minimum Gasteiger partial charge on any atom is -0.381 e. The largest absolute Gasteiger partial charge is 0.381 e. The minimum atomic E-state index is 0.295. The molecule has 2 saturated heterocycles. The Bertz CT molecular complexity index is 278. The highest BCUT2D eigenvalue weighted by Crippen LogP contribution is 2.26. The van der Waals surface area contributed by atoms with Crippen molar-refractivity contribution in [2.24, 2.45) is 11.8 Å². The molecule has 2 aliphatic heterocycles. The third-order valence-corrected chi connectivity index (χ3v) is 5.36. The van der Waals surface area contributed by atoms with Gasteiger partial charge in [-0.15, -0.1) is 0 Å². The maximum atomic E-state index is 5.56. The molecular formula is C16H32N2O. The molecule has 1 N–H and O–H groups in total. The highest BCUT2D eigenvalue weighted by atomic mass is 16.5. The van der Waals surface area contributed by atoms with E-state index in [0.717, 1.165) is 31.6 Å². The standard InChI is InChI=1S/C16H32N2O/c1-5-13(3)15-9-17-16(4,6-2)12-18(15)10-14-7-8-19-11-14/h13-15,17H,5-12H2,1-4H3. The molecule has 0 amide bonds. The van der Waals surface area contributed by atoms with Crippen LogP contribution in [0.15, 0.2) is 0 Å². The first-order valence-electron chi connectivity index (χ1n) is 8.14. The lowest BCUT2D eigenvalue weighted by Crippen LogP contribution is -2.64. The van der Waals surface area contributed by atoms with E-state index in [1.165, 1.54) is 32.4 Å². The highest BCUT2D eigenvalue weighted by Gasteiger charge is 2.37. The Morgan fingerprint density at radius 2 is 2.21 bits per heavy atom. The van der Waals surface area contributed by atoms with Crippen molar-refractivity contribution in [3.05, 3.63) is 0 Å². The summed E-state index contributed by atoms with van der Waals surface area (Å²) in [5.74, 6) is 1.53. The second-order valence-electron chi connectivity index (χ2n) is 6.91. The molecule has 3 heteroatoms. The van der Waals surface area contributed by atoms with Gasteiger partial charge in [-0.2, -0.15) is 0 Å². The van der Waals surface area contributed by atoms with E-state index in [1.54, 1.807) is 0 Å². The van der Waals surface area contributed by atoms with Crippen LogP contribution in [-0.4, -0.2) is 49.3 Å². The molecule has 4 atom stereocenters. The average Bonchev–Trinajstić information content (AvgIpc) is 2.91. The Morgan fingerprint density at radius 1 is 1.42 bits per heavy atom. The van der Waals surface area contributed by atoms with Crippen LogP contribution in [0.5, 0.6) is 0 Å². The van der Waals surface area contributed by atoms with Crippen molar-refractivity contribution in [2.45, 2.75) is 58.5 Å². The van der Waals surface area contributed by atoms with Crippen molar-refractivity contribution >= 4 is 0 Å². The lowest BCUT2D eigenvalue weighted by molar-refractivity contribution is 0.0402. The number of nitrogens with one attached hydrogen (secondary N) is 1. The van der Waals surface area contributed by atoms with Gasteiger partial charge in [-0.1, -0.05) is 27.2 Å². The summed E-state index contributed by atoms with van der Waals surface area (Å²) < 4.78 is 5.56. The average molecular weight is 268 g/mol. The van der Waals surface area contributed by atoms with Gasteiger partial charge in [0.05, 0.1) is 6.61 Å². The second-order valence-corrected chi connectivity index (χ2v) is 6.91. The Balaban J connectivity index is 2.01. The molecule has 4 unspecified atom stereocenters. The monoisotopic (exact) mass is 268 g/mol. The summed E-state index contributed by atoms with van der Waals surface area (Å²) in [6, 6.07) is 0.699. The molecule has 2 fully saturated rings. The van der Waals surface area contributed by atoms with Gasteiger partial charge in [-0.05, 0) is 31.6 Å². The molecular weight excluding hydrogens is 236 g/mol. The number of ether oxygens (including phenoxy) is 1. The lowest BCUT2D eigenvalue weighted by Gasteiger charge is -2.48. The van der Waals surface area contributed by atoms with Crippen LogP contribution in [0.3, 0.4) is 0 Å². The van der Waals surface area contributed by atoms with Crippen LogP contribution in [-0.2, 0) is 4.74 Å². The van der Waals surface area contributed by atoms with Crippen molar-refractivity contribution < 1.29 is 4.74 Å². The van der Waals surface area contributed by atoms with Gasteiger partial charge < -0.3 is 10.1 Å². The molecule has 3 nitrogen and oxygen atoms in total. The summed E-state index contributed by atoms with van der Waals surface area (Å²) in [6.07, 6.45) is 3.73. The second kappa shape index (κ2) is 6.55. The summed E-state index contributed by atoms with van der Waals surface area (Å²) in [6.45, 7) is 14.9. The first-order valence-corrected chi connectivity index (χ1v) is 8.14. The van der Waals surface area contributed by atoms with Crippen LogP contribution in [0.25, 0.3) is 0 Å². The maximum absolute atomic E-state index is 5.56. The molecule has 0 aromatic rings. The first-order chi connectivity index (χ1) is 9.08. The van der Waals surface area contributed by atoms with Gasteiger partial charge in [0.15, 0.2) is 0 Å². The molecule has 0 aliphatic carbocycles. The summed E-state index contributed by atoms with van der Waals surface area (Å²) in [5, 5.41) is 3.79. The zero-order valence-corrected chi connectivity index (χ0v) is 13.2. The summed E-state index contributed by atoms with van der Waals surface area (Å²) in [4.78, 5) is 2.76. The number of hydrogen-bond acceptors (Lipinski definition) is 3. The van der Waals surface area contributed by atoms with Gasteiger partial charge in [-0.25, -0.2) is 0 Å². The molecule has 0 bridgehead atoms. The molecule has 0 saturated carbocycles. The number of nitrogens with zero attached hydrogens (tertiary/aromatic N) is 1. The van der Waals surface area contributed by atoms with Crippen molar-refractivity contribution in [2.75, 3.05) is 32.8 Å². The van der Waals surface area contributed by atoms with Gasteiger partial charge in [0, 0.05) is 37.8 Å². The third kappa shape index (κ3) is 3.71. The van der Waals surface area contributed by atoms with E-state index in [0.29, 0.717) is 11.6 Å². The van der Waals surface area contributed by atoms with Gasteiger partial charge >= 0.3 is 0 Å². The van der Waals surface area contributed by atoms with E-state index in [9.17, 15) is 0 Å². The van der Waals surface area contributed by atoms with Crippen LogP contribution >= 0.6 is 0 Å². The number of rotatable bonds is 5. The van der Waals surface area contributed by atoms with Crippen LogP contribution in [0.2, 0.25) is 0 Å². The van der Waals surface area contributed by atoms with E-state index < -0.39 is 0 Å². The molecule has 0 spiro atoms. The fourth-order valence-corrected chi connectivity index (χ4v) is 3.43. The van der Waals surface area contributed by atoms with E-state index >= 15 is 0 Å². The van der Waals surface area contributed by atoms with Crippen LogP contribution < -0.4 is 5.32 Å². The first kappa shape index (κ1) is 15.3. The zero-order valence-electron chi connectivity index (χ0n) is 13.2. The summed E-state index contributed by atoms with van der Waals surface area (Å²) in [5.41, 5.74) is 0.295. The predicted molar refractivity (Wildman–Crippen MR) is 80.4 cm³/mol. The highest BCUT2D eigenvalue weighted by molar-refractivity contribution is 4.96. The van der Waals surface area contributed by atoms with Gasteiger partial charge in [0.25, 0.3) is 0 Å². The molecule has 112 valence electrons. The van der Waals surface area contributed by atoms with E-state index in [1.807, 2.05) is 0 Å². The SMILES string of the molecule is CCC(C)C1CNC(C)(CC)CN1CC1CCOC1. The quantitative estimate of drug-likeness (QED) is 0.829. The Hall–Kier alpha value is -0.120. The van der Waals surface area contributed by atoms with Crippen molar-refractivity contribution in [3.8, 4) is 0 Å². The van der Waals surface area contributed by atoms with E-state index in [4.69, 9.17) is 4.74 Å². The van der Waals surface area contributed by atoms with Crippen LogP contribution in [0.1, 0.15) is 47.0 Å². The van der Waals surface area contributed by atoms with Crippen molar-refractivity contribution in [1.82, 2.24) is 10.2 Å². The van der Waals surface area contributed by atoms with Gasteiger partial charge in [-0.3, -0.25) is 4.90 Å². The number of piperazine rings is 1. The summed E-state index contributed by atoms with van der Waals surface area (Å²) >= 11 is 0. The molecule has 0 aromatic carbocycles. The fraction of sp³-hybridized carbons (Fsp3) is 1.00. The zero-order chi connectivity index (χ0) is 13.9. The molecule has 0 aromatic heterocycles. The normalized spacial score (nSPS) is 38.5. The fourth-order valence-electron chi connectivity index (χ4n) is 3.43. The Labute approximate surface area is 119 Å². The topological polar surface area (TPSA) is 24.5 Å². The molecule has 2 aliphatic rings. The van der Waals surface area contributed by atoms with Crippen molar-refractivity contribution in [1.29, 1.82) is 0 Å². The Morgan fingerprint density at radius 3 is 2.79 bits per heavy atom. The van der Waals surface area contributed by atoms with Gasteiger partial charge in [0.2, 0.25) is 0 Å². The van der Waals surface area contributed by atoms with E-state index in [-0.39, 0.29) is 0 Å².